The second kappa shape index (κ2) is 17.7. The van der Waals surface area contributed by atoms with E-state index in [1.54, 1.807) is 42.5 Å². The summed E-state index contributed by atoms with van der Waals surface area (Å²) < 4.78 is 50.2. The fourth-order valence-corrected chi connectivity index (χ4v) is 7.49. The van der Waals surface area contributed by atoms with E-state index in [9.17, 15) is 4.79 Å². The van der Waals surface area contributed by atoms with Crippen LogP contribution in [0.2, 0.25) is 0 Å². The van der Waals surface area contributed by atoms with Crippen LogP contribution in [-0.4, -0.2) is 67.5 Å². The van der Waals surface area contributed by atoms with Gasteiger partial charge < -0.3 is 37.7 Å². The Labute approximate surface area is 323 Å². The van der Waals surface area contributed by atoms with Gasteiger partial charge in [-0.1, -0.05) is 6.07 Å². The summed E-state index contributed by atoms with van der Waals surface area (Å²) in [6, 6.07) is 21.0. The molecule has 1 aliphatic rings. The lowest BCUT2D eigenvalue weighted by atomic mass is 10.0. The average Bonchev–Trinajstić information content (AvgIpc) is 3.97. The quantitative estimate of drug-likeness (QED) is 0.0832. The van der Waals surface area contributed by atoms with Crippen LogP contribution in [0.25, 0.3) is 33.1 Å². The number of aromatic nitrogens is 3. The van der Waals surface area contributed by atoms with Crippen molar-refractivity contribution in [3.63, 3.8) is 0 Å². The molecule has 2 heterocycles. The number of ether oxygens (including phenoxy) is 7. The van der Waals surface area contributed by atoms with Crippen molar-refractivity contribution in [3.8, 4) is 45.6 Å². The molecule has 0 unspecified atom stereocenters. The van der Waals surface area contributed by atoms with E-state index in [1.807, 2.05) is 71.3 Å². The molecule has 54 heavy (non-hydrogen) atoms. The van der Waals surface area contributed by atoms with E-state index in [4.69, 9.17) is 44.8 Å². The first-order valence-electron chi connectivity index (χ1n) is 17.6. The standard InChI is InChI=1S/C32H33N3O6S.C9H11ClO2/c1-5-40-32(36)31-30(19-10-12-24-25(15-19)34-42-33-24)23-16-28(39-4)29(41-21-8-6-7-9-21)17-26(23)35(31)18-20-14-22(37-2)11-13-27(20)38-3;1-11-8-3-4-9(12-2)7(5-8)6-10/h10-17,21H,5-9,18H2,1-4H3;3-5H,6H2,1-2H3. The molecule has 1 aliphatic carbocycles. The predicted octanol–water partition coefficient (Wildman–Crippen LogP) is 9.33. The molecule has 13 heteroatoms. The van der Waals surface area contributed by atoms with E-state index in [0.29, 0.717) is 41.1 Å². The Balaban J connectivity index is 0.000000354. The van der Waals surface area contributed by atoms with Crippen LogP contribution in [0.15, 0.2) is 66.7 Å². The first kappa shape index (κ1) is 38.5. The molecule has 0 amide bonds. The Kier molecular flexibility index (Phi) is 12.7. The first-order chi connectivity index (χ1) is 26.3. The molecular weight excluding hydrogens is 730 g/mol. The fraction of sp³-hybridized carbons (Fsp3) is 0.341. The van der Waals surface area contributed by atoms with Gasteiger partial charge in [0.15, 0.2) is 11.5 Å². The van der Waals surface area contributed by atoms with Crippen molar-refractivity contribution in [2.75, 3.05) is 42.2 Å². The molecule has 1 fully saturated rings. The van der Waals surface area contributed by atoms with Crippen LogP contribution < -0.4 is 28.4 Å². The van der Waals surface area contributed by atoms with Crippen LogP contribution in [0.3, 0.4) is 0 Å². The number of carbonyl (C=O) groups is 1. The minimum atomic E-state index is -0.431. The van der Waals surface area contributed by atoms with Crippen molar-refractivity contribution in [1.29, 1.82) is 0 Å². The van der Waals surface area contributed by atoms with Gasteiger partial charge in [0.25, 0.3) is 0 Å². The molecule has 6 aromatic rings. The smallest absolute Gasteiger partial charge is 0.355 e. The number of methoxy groups -OCH3 is 5. The van der Waals surface area contributed by atoms with Crippen LogP contribution in [-0.2, 0) is 17.2 Å². The van der Waals surface area contributed by atoms with Gasteiger partial charge in [-0.15, -0.1) is 11.6 Å². The zero-order valence-electron chi connectivity index (χ0n) is 31.3. The second-order valence-corrected chi connectivity index (χ2v) is 13.3. The summed E-state index contributed by atoms with van der Waals surface area (Å²) in [6.45, 7) is 2.36. The van der Waals surface area contributed by atoms with Gasteiger partial charge in [-0.25, -0.2) is 4.79 Å². The summed E-state index contributed by atoms with van der Waals surface area (Å²) >= 11 is 6.86. The van der Waals surface area contributed by atoms with E-state index >= 15 is 0 Å². The lowest BCUT2D eigenvalue weighted by molar-refractivity contribution is 0.0516. The summed E-state index contributed by atoms with van der Waals surface area (Å²) in [4.78, 5) is 13.8. The highest BCUT2D eigenvalue weighted by atomic mass is 35.5. The van der Waals surface area contributed by atoms with Crippen LogP contribution in [0, 0.1) is 0 Å². The fourth-order valence-electron chi connectivity index (χ4n) is 6.76. The topological polar surface area (TPSA) is 112 Å². The minimum Gasteiger partial charge on any atom is -0.497 e. The number of hydrogen-bond donors (Lipinski definition) is 0. The molecular formula is C41H44ClN3O8S. The van der Waals surface area contributed by atoms with Crippen LogP contribution in [0.5, 0.6) is 34.5 Å². The van der Waals surface area contributed by atoms with Crippen molar-refractivity contribution < 1.29 is 38.0 Å². The summed E-state index contributed by atoms with van der Waals surface area (Å²) in [7, 11) is 8.14. The van der Waals surface area contributed by atoms with E-state index in [-0.39, 0.29) is 12.7 Å². The Bertz CT molecular complexity index is 2230. The number of alkyl halides is 1. The molecule has 284 valence electrons. The molecule has 4 aromatic carbocycles. The highest BCUT2D eigenvalue weighted by molar-refractivity contribution is 7.00. The van der Waals surface area contributed by atoms with Gasteiger partial charge in [-0.05, 0) is 92.8 Å². The van der Waals surface area contributed by atoms with Crippen molar-refractivity contribution in [3.05, 3.63) is 83.6 Å². The van der Waals surface area contributed by atoms with Gasteiger partial charge in [0.05, 0.1) is 77.9 Å². The number of nitrogens with zero attached hydrogens (tertiary/aromatic N) is 3. The monoisotopic (exact) mass is 773 g/mol. The van der Waals surface area contributed by atoms with E-state index in [1.165, 1.54) is 0 Å². The summed E-state index contributed by atoms with van der Waals surface area (Å²) in [5.41, 5.74) is 6.13. The summed E-state index contributed by atoms with van der Waals surface area (Å²) in [5.74, 6) is 4.22. The van der Waals surface area contributed by atoms with E-state index in [2.05, 4.69) is 8.75 Å². The molecule has 7 rings (SSSR count). The molecule has 0 radical (unpaired) electrons. The first-order valence-corrected chi connectivity index (χ1v) is 18.9. The Hall–Kier alpha value is -5.20. The van der Waals surface area contributed by atoms with Gasteiger partial charge in [0.2, 0.25) is 0 Å². The third-order valence-electron chi connectivity index (χ3n) is 9.40. The summed E-state index contributed by atoms with van der Waals surface area (Å²) in [6.07, 6.45) is 4.43. The third-order valence-corrected chi connectivity index (χ3v) is 10.2. The zero-order chi connectivity index (χ0) is 38.2. The highest BCUT2D eigenvalue weighted by Gasteiger charge is 2.29. The van der Waals surface area contributed by atoms with Crippen LogP contribution in [0.4, 0.5) is 0 Å². The van der Waals surface area contributed by atoms with Crippen molar-refractivity contribution in [2.45, 2.75) is 51.1 Å². The van der Waals surface area contributed by atoms with Gasteiger partial charge >= 0.3 is 5.97 Å². The molecule has 0 spiro atoms. The molecule has 1 saturated carbocycles. The predicted molar refractivity (Wildman–Crippen MR) is 211 cm³/mol. The van der Waals surface area contributed by atoms with Gasteiger partial charge in [0.1, 0.15) is 39.7 Å². The van der Waals surface area contributed by atoms with Gasteiger partial charge in [0, 0.05) is 28.1 Å². The Morgan fingerprint density at radius 2 is 1.41 bits per heavy atom. The summed E-state index contributed by atoms with van der Waals surface area (Å²) in [5, 5.41) is 0.832. The number of halogens is 1. The normalized spacial score (nSPS) is 12.6. The molecule has 0 N–H and O–H groups in total. The Morgan fingerprint density at radius 1 is 0.759 bits per heavy atom. The SMILES string of the molecule is CCOC(=O)c1c(-c2ccc3nsnc3c2)c2cc(OC)c(OC3CCCC3)cc2n1Cc1cc(OC)ccc1OC.COc1ccc(OC)c(CCl)c1. The lowest BCUT2D eigenvalue weighted by Crippen LogP contribution is -2.15. The number of rotatable bonds is 13. The second-order valence-electron chi connectivity index (χ2n) is 12.5. The van der Waals surface area contributed by atoms with E-state index < -0.39 is 5.97 Å². The Morgan fingerprint density at radius 3 is 2.04 bits per heavy atom. The van der Waals surface area contributed by atoms with Crippen molar-refractivity contribution in [1.82, 2.24) is 13.3 Å². The van der Waals surface area contributed by atoms with Crippen LogP contribution >= 0.6 is 23.3 Å². The van der Waals surface area contributed by atoms with Gasteiger partial charge in [-0.2, -0.15) is 8.75 Å². The van der Waals surface area contributed by atoms with Gasteiger partial charge in [-0.3, -0.25) is 0 Å². The maximum Gasteiger partial charge on any atom is 0.355 e. The molecule has 0 aliphatic heterocycles. The third kappa shape index (κ3) is 8.14. The molecule has 2 aromatic heterocycles. The molecule has 11 nitrogen and oxygen atoms in total. The number of esters is 1. The average molecular weight is 774 g/mol. The number of carbonyl (C=O) groups excluding carboxylic acids is 1. The molecule has 0 bridgehead atoms. The zero-order valence-corrected chi connectivity index (χ0v) is 32.8. The van der Waals surface area contributed by atoms with E-state index in [0.717, 1.165) is 93.1 Å². The maximum atomic E-state index is 13.8. The minimum absolute atomic E-state index is 0.127. The molecule has 0 saturated heterocycles. The number of benzene rings is 4. The highest BCUT2D eigenvalue weighted by Crippen LogP contribution is 2.44. The number of fused-ring (bicyclic) bond motifs is 2. The van der Waals surface area contributed by atoms with Crippen molar-refractivity contribution in [2.24, 2.45) is 0 Å². The van der Waals surface area contributed by atoms with Crippen molar-refractivity contribution >= 4 is 51.2 Å². The lowest BCUT2D eigenvalue weighted by Gasteiger charge is -2.17. The maximum absolute atomic E-state index is 13.8. The number of hydrogen-bond acceptors (Lipinski definition) is 11. The largest absolute Gasteiger partial charge is 0.497 e. The molecule has 0 atom stereocenters. The van der Waals surface area contributed by atoms with Crippen LogP contribution in [0.1, 0.15) is 54.2 Å².